The lowest BCUT2D eigenvalue weighted by molar-refractivity contribution is -0.125. The standard InChI is InChI=1S/C20H19N3O2S/c24-19(23-20-22-16(11-26-20)12-6-7-12)14-9-15(10-14)25-17-5-1-3-13-4-2-8-21-18(13)17/h1-5,8,11-12,14-15H,6-7,9-10H2,(H,22,23,24)/t14-,15-. The highest BCUT2D eigenvalue weighted by Crippen LogP contribution is 2.41. The fourth-order valence-corrected chi connectivity index (χ4v) is 4.14. The first kappa shape index (κ1) is 15.8. The van der Waals surface area contributed by atoms with E-state index in [0.717, 1.165) is 40.3 Å². The van der Waals surface area contributed by atoms with Gasteiger partial charge in [0, 0.05) is 28.8 Å². The van der Waals surface area contributed by atoms with Crippen LogP contribution in [0.5, 0.6) is 5.75 Å². The minimum absolute atomic E-state index is 0.00351. The zero-order valence-corrected chi connectivity index (χ0v) is 15.0. The summed E-state index contributed by atoms with van der Waals surface area (Å²) in [7, 11) is 0. The van der Waals surface area contributed by atoms with Gasteiger partial charge in [-0.05, 0) is 37.8 Å². The predicted octanol–water partition coefficient (Wildman–Crippen LogP) is 4.36. The van der Waals surface area contributed by atoms with Crippen LogP contribution in [0.15, 0.2) is 41.9 Å². The lowest BCUT2D eigenvalue weighted by atomic mass is 9.81. The number of fused-ring (bicyclic) bond motifs is 1. The molecule has 0 atom stereocenters. The highest BCUT2D eigenvalue weighted by molar-refractivity contribution is 7.13. The summed E-state index contributed by atoms with van der Waals surface area (Å²) < 4.78 is 6.08. The lowest BCUT2D eigenvalue weighted by Crippen LogP contribution is -2.40. The van der Waals surface area contributed by atoms with Crippen molar-refractivity contribution < 1.29 is 9.53 Å². The van der Waals surface area contributed by atoms with Crippen LogP contribution in [-0.2, 0) is 4.79 Å². The van der Waals surface area contributed by atoms with E-state index in [0.29, 0.717) is 5.92 Å². The number of thiazole rings is 1. The third kappa shape index (κ3) is 3.05. The number of amides is 1. The van der Waals surface area contributed by atoms with E-state index in [-0.39, 0.29) is 17.9 Å². The van der Waals surface area contributed by atoms with Gasteiger partial charge in [0.05, 0.1) is 5.69 Å². The van der Waals surface area contributed by atoms with Crippen LogP contribution in [-0.4, -0.2) is 22.0 Å². The molecule has 1 aromatic carbocycles. The summed E-state index contributed by atoms with van der Waals surface area (Å²) in [6.07, 6.45) is 5.75. The van der Waals surface area contributed by atoms with Crippen LogP contribution in [0.2, 0.25) is 0 Å². The Bertz CT molecular complexity index is 955. The summed E-state index contributed by atoms with van der Waals surface area (Å²) in [4.78, 5) is 21.3. The number of carbonyl (C=O) groups excluding carboxylic acids is 1. The summed E-state index contributed by atoms with van der Waals surface area (Å²) in [5, 5.41) is 6.81. The molecule has 2 aliphatic carbocycles. The van der Waals surface area contributed by atoms with Gasteiger partial charge in [-0.25, -0.2) is 4.98 Å². The molecule has 5 nitrogen and oxygen atoms in total. The molecular formula is C20H19N3O2S. The number of pyridine rings is 1. The van der Waals surface area contributed by atoms with Crippen LogP contribution < -0.4 is 10.1 Å². The number of hydrogen-bond donors (Lipinski definition) is 1. The molecule has 2 saturated carbocycles. The molecule has 5 rings (SSSR count). The van der Waals surface area contributed by atoms with Gasteiger partial charge in [-0.2, -0.15) is 0 Å². The van der Waals surface area contributed by atoms with Crippen molar-refractivity contribution in [3.63, 3.8) is 0 Å². The lowest BCUT2D eigenvalue weighted by Gasteiger charge is -2.34. The molecule has 0 radical (unpaired) electrons. The molecule has 1 N–H and O–H groups in total. The zero-order chi connectivity index (χ0) is 17.5. The Labute approximate surface area is 155 Å². The molecule has 6 heteroatoms. The van der Waals surface area contributed by atoms with Crippen LogP contribution in [0, 0.1) is 5.92 Å². The molecule has 2 heterocycles. The molecule has 0 unspecified atom stereocenters. The van der Waals surface area contributed by atoms with E-state index < -0.39 is 0 Å². The quantitative estimate of drug-likeness (QED) is 0.729. The monoisotopic (exact) mass is 365 g/mol. The van der Waals surface area contributed by atoms with Crippen molar-refractivity contribution >= 4 is 33.3 Å². The molecule has 2 aliphatic rings. The van der Waals surface area contributed by atoms with Crippen LogP contribution in [0.25, 0.3) is 10.9 Å². The fourth-order valence-electron chi connectivity index (χ4n) is 3.34. The first-order chi connectivity index (χ1) is 12.8. The second kappa shape index (κ2) is 6.36. The minimum atomic E-state index is -0.00351. The van der Waals surface area contributed by atoms with Crippen molar-refractivity contribution in [2.45, 2.75) is 37.7 Å². The normalized spacial score (nSPS) is 22.0. The molecule has 0 bridgehead atoms. The first-order valence-electron chi connectivity index (χ1n) is 9.03. The number of nitrogens with one attached hydrogen (secondary N) is 1. The Kier molecular flexibility index (Phi) is 3.85. The fraction of sp³-hybridized carbons (Fsp3) is 0.350. The van der Waals surface area contributed by atoms with E-state index in [4.69, 9.17) is 4.74 Å². The number of anilines is 1. The number of aromatic nitrogens is 2. The van der Waals surface area contributed by atoms with Gasteiger partial charge in [-0.15, -0.1) is 11.3 Å². The summed E-state index contributed by atoms with van der Waals surface area (Å²) in [5.41, 5.74) is 2.00. The number of rotatable bonds is 5. The molecule has 0 aliphatic heterocycles. The molecule has 132 valence electrons. The van der Waals surface area contributed by atoms with E-state index >= 15 is 0 Å². The number of hydrogen-bond acceptors (Lipinski definition) is 5. The number of benzene rings is 1. The van der Waals surface area contributed by atoms with E-state index in [9.17, 15) is 4.79 Å². The van der Waals surface area contributed by atoms with Crippen LogP contribution >= 0.6 is 11.3 Å². The smallest absolute Gasteiger partial charge is 0.229 e. The van der Waals surface area contributed by atoms with E-state index in [1.165, 1.54) is 24.2 Å². The average Bonchev–Trinajstić information content (AvgIpc) is 3.37. The van der Waals surface area contributed by atoms with E-state index in [1.54, 1.807) is 6.20 Å². The maximum Gasteiger partial charge on any atom is 0.229 e. The van der Waals surface area contributed by atoms with E-state index in [1.807, 2.05) is 30.3 Å². The molecule has 26 heavy (non-hydrogen) atoms. The van der Waals surface area contributed by atoms with Crippen molar-refractivity contribution in [2.75, 3.05) is 5.32 Å². The molecule has 0 spiro atoms. The van der Waals surface area contributed by atoms with Crippen molar-refractivity contribution in [1.82, 2.24) is 9.97 Å². The maximum absolute atomic E-state index is 12.4. The van der Waals surface area contributed by atoms with Crippen molar-refractivity contribution in [2.24, 2.45) is 5.92 Å². The molecule has 2 aromatic heterocycles. The third-order valence-corrected chi connectivity index (χ3v) is 5.88. The molecule has 2 fully saturated rings. The second-order valence-electron chi connectivity index (χ2n) is 7.08. The average molecular weight is 365 g/mol. The summed E-state index contributed by atoms with van der Waals surface area (Å²) in [6, 6.07) is 9.88. The summed E-state index contributed by atoms with van der Waals surface area (Å²) in [6.45, 7) is 0. The van der Waals surface area contributed by atoms with Gasteiger partial charge in [0.2, 0.25) is 5.91 Å². The van der Waals surface area contributed by atoms with Crippen LogP contribution in [0.4, 0.5) is 5.13 Å². The molecule has 3 aromatic rings. The first-order valence-corrected chi connectivity index (χ1v) is 9.91. The van der Waals surface area contributed by atoms with Gasteiger partial charge in [-0.3, -0.25) is 9.78 Å². The Balaban J connectivity index is 1.18. The molecule has 0 saturated heterocycles. The highest BCUT2D eigenvalue weighted by atomic mass is 32.1. The van der Waals surface area contributed by atoms with E-state index in [2.05, 4.69) is 20.7 Å². The maximum atomic E-state index is 12.4. The zero-order valence-electron chi connectivity index (χ0n) is 14.2. The highest BCUT2D eigenvalue weighted by Gasteiger charge is 2.37. The van der Waals surface area contributed by atoms with Gasteiger partial charge < -0.3 is 10.1 Å². The van der Waals surface area contributed by atoms with Crippen LogP contribution in [0.3, 0.4) is 0 Å². The van der Waals surface area contributed by atoms with Crippen molar-refractivity contribution in [3.8, 4) is 5.75 Å². The van der Waals surface area contributed by atoms with Crippen molar-refractivity contribution in [1.29, 1.82) is 0 Å². The number of nitrogens with zero attached hydrogens (tertiary/aromatic N) is 2. The largest absolute Gasteiger partial charge is 0.488 e. The topological polar surface area (TPSA) is 64.1 Å². The Morgan fingerprint density at radius 3 is 2.88 bits per heavy atom. The number of carbonyl (C=O) groups is 1. The SMILES string of the molecule is O=C(Nc1nc(C2CC2)cs1)[C@H]1C[C@H](Oc2cccc3cccnc23)C1. The second-order valence-corrected chi connectivity index (χ2v) is 7.94. The number of para-hydroxylation sites is 1. The van der Waals surface area contributed by atoms with Gasteiger partial charge in [0.25, 0.3) is 0 Å². The Morgan fingerprint density at radius 1 is 1.19 bits per heavy atom. The Morgan fingerprint density at radius 2 is 2.04 bits per heavy atom. The third-order valence-electron chi connectivity index (χ3n) is 5.10. The van der Waals surface area contributed by atoms with Gasteiger partial charge >= 0.3 is 0 Å². The van der Waals surface area contributed by atoms with Gasteiger partial charge in [-0.1, -0.05) is 18.2 Å². The van der Waals surface area contributed by atoms with Crippen LogP contribution in [0.1, 0.15) is 37.3 Å². The van der Waals surface area contributed by atoms with Gasteiger partial charge in [0.1, 0.15) is 17.4 Å². The Hall–Kier alpha value is -2.47. The minimum Gasteiger partial charge on any atom is -0.488 e. The number of ether oxygens (including phenoxy) is 1. The summed E-state index contributed by atoms with van der Waals surface area (Å²) in [5.74, 6) is 1.46. The summed E-state index contributed by atoms with van der Waals surface area (Å²) >= 11 is 1.52. The van der Waals surface area contributed by atoms with Crippen molar-refractivity contribution in [3.05, 3.63) is 47.6 Å². The van der Waals surface area contributed by atoms with Gasteiger partial charge in [0.15, 0.2) is 5.13 Å². The molecule has 1 amide bonds. The predicted molar refractivity (Wildman–Crippen MR) is 102 cm³/mol. The molecular weight excluding hydrogens is 346 g/mol.